The van der Waals surface area contributed by atoms with E-state index in [9.17, 15) is 4.79 Å². The second-order valence-corrected chi connectivity index (χ2v) is 3.88. The molecule has 18 heavy (non-hydrogen) atoms. The number of hydrogen-bond acceptors (Lipinski definition) is 4. The second-order valence-electron chi connectivity index (χ2n) is 3.88. The highest BCUT2D eigenvalue weighted by atomic mass is 16.1. The van der Waals surface area contributed by atoms with Gasteiger partial charge in [-0.2, -0.15) is 5.26 Å². The van der Waals surface area contributed by atoms with Gasteiger partial charge in [-0.1, -0.05) is 12.1 Å². The van der Waals surface area contributed by atoms with E-state index >= 15 is 0 Å². The molecule has 4 nitrogen and oxygen atoms in total. The number of nitriles is 1. The number of anilines is 1. The molecule has 1 aromatic carbocycles. The van der Waals surface area contributed by atoms with Crippen LogP contribution in [0.4, 0.5) is 5.82 Å². The Bertz CT molecular complexity index is 656. The molecular weight excluding hydrogens is 226 g/mol. The molecule has 0 aliphatic rings. The maximum atomic E-state index is 11.3. The number of ketones is 1. The predicted octanol–water partition coefficient (Wildman–Crippen LogP) is 2.41. The third-order valence-electron chi connectivity index (χ3n) is 2.59. The molecule has 2 aromatic rings. The van der Waals surface area contributed by atoms with Crippen LogP contribution in [-0.4, -0.2) is 10.8 Å². The van der Waals surface area contributed by atoms with Crippen molar-refractivity contribution >= 4 is 11.6 Å². The minimum atomic E-state index is -0.114. The van der Waals surface area contributed by atoms with Gasteiger partial charge in [0, 0.05) is 5.56 Å². The van der Waals surface area contributed by atoms with Gasteiger partial charge in [0.25, 0.3) is 0 Å². The van der Waals surface area contributed by atoms with Crippen LogP contribution in [0.1, 0.15) is 22.8 Å². The molecule has 0 radical (unpaired) electrons. The summed E-state index contributed by atoms with van der Waals surface area (Å²) in [4.78, 5) is 15.4. The highest BCUT2D eigenvalue weighted by Crippen LogP contribution is 2.21. The topological polar surface area (TPSA) is 79.8 Å². The molecule has 4 heteroatoms. The number of rotatable bonds is 2. The number of hydrogen-bond donors (Lipinski definition) is 1. The Balaban J connectivity index is 2.49. The van der Waals surface area contributed by atoms with Crippen LogP contribution < -0.4 is 5.73 Å². The van der Waals surface area contributed by atoms with E-state index in [-0.39, 0.29) is 11.6 Å². The molecule has 0 saturated carbocycles. The van der Waals surface area contributed by atoms with Crippen molar-refractivity contribution in [2.24, 2.45) is 0 Å². The Hall–Kier alpha value is -2.67. The van der Waals surface area contributed by atoms with Crippen LogP contribution in [0.2, 0.25) is 0 Å². The number of carbonyl (C=O) groups is 1. The monoisotopic (exact) mass is 237 g/mol. The largest absolute Gasteiger partial charge is 0.383 e. The van der Waals surface area contributed by atoms with E-state index in [0.29, 0.717) is 16.8 Å². The van der Waals surface area contributed by atoms with Crippen LogP contribution >= 0.6 is 0 Å². The smallest absolute Gasteiger partial charge is 0.163 e. The lowest BCUT2D eigenvalue weighted by Crippen LogP contribution is -2.02. The zero-order valence-corrected chi connectivity index (χ0v) is 9.84. The van der Waals surface area contributed by atoms with Crippen molar-refractivity contribution in [3.63, 3.8) is 0 Å². The summed E-state index contributed by atoms with van der Waals surface area (Å²) in [7, 11) is 0. The molecule has 0 unspecified atom stereocenters. The second kappa shape index (κ2) is 4.68. The number of nitrogen functional groups attached to an aromatic ring is 1. The summed E-state index contributed by atoms with van der Waals surface area (Å²) >= 11 is 0. The molecule has 2 rings (SSSR count). The highest BCUT2D eigenvalue weighted by molar-refractivity contribution is 5.98. The first kappa shape index (κ1) is 11.8. The molecule has 0 aliphatic heterocycles. The summed E-state index contributed by atoms with van der Waals surface area (Å²) < 4.78 is 0. The van der Waals surface area contributed by atoms with Gasteiger partial charge in [-0.05, 0) is 31.2 Å². The van der Waals surface area contributed by atoms with Crippen molar-refractivity contribution in [1.29, 1.82) is 5.26 Å². The van der Waals surface area contributed by atoms with Crippen LogP contribution in [0.15, 0.2) is 36.4 Å². The van der Waals surface area contributed by atoms with Crippen LogP contribution in [0.3, 0.4) is 0 Å². The first-order valence-corrected chi connectivity index (χ1v) is 5.40. The Labute approximate surface area is 105 Å². The molecule has 2 N–H and O–H groups in total. The third kappa shape index (κ3) is 2.20. The summed E-state index contributed by atoms with van der Waals surface area (Å²) in [5.41, 5.74) is 8.15. The minimum Gasteiger partial charge on any atom is -0.383 e. The first-order chi connectivity index (χ1) is 8.61. The van der Waals surface area contributed by atoms with Crippen molar-refractivity contribution in [3.8, 4) is 17.3 Å². The van der Waals surface area contributed by atoms with Gasteiger partial charge in [0.2, 0.25) is 0 Å². The number of nitrogens with zero attached hydrogens (tertiary/aromatic N) is 2. The van der Waals surface area contributed by atoms with Gasteiger partial charge in [0.15, 0.2) is 5.78 Å². The first-order valence-electron chi connectivity index (χ1n) is 5.40. The Kier molecular flexibility index (Phi) is 3.07. The lowest BCUT2D eigenvalue weighted by Gasteiger charge is -2.05. The molecule has 0 saturated heterocycles. The highest BCUT2D eigenvalue weighted by Gasteiger charge is 2.08. The van der Waals surface area contributed by atoms with Gasteiger partial charge in [-0.15, -0.1) is 0 Å². The van der Waals surface area contributed by atoms with E-state index in [1.165, 1.54) is 6.92 Å². The fraction of sp³-hybridized carbons (Fsp3) is 0.0714. The molecule has 1 heterocycles. The predicted molar refractivity (Wildman–Crippen MR) is 68.8 cm³/mol. The summed E-state index contributed by atoms with van der Waals surface area (Å²) in [6, 6.07) is 12.5. The van der Waals surface area contributed by atoms with Crippen molar-refractivity contribution in [2.45, 2.75) is 6.92 Å². The van der Waals surface area contributed by atoms with Gasteiger partial charge in [-0.3, -0.25) is 4.79 Å². The standard InChI is InChI=1S/C14H11N3O/c1-9(18)12-5-6-13(17-14(12)16)11-4-2-3-10(7-11)8-15/h2-7H,1H3,(H2,16,17). The minimum absolute atomic E-state index is 0.114. The average Bonchev–Trinajstić information content (AvgIpc) is 2.38. The molecule has 88 valence electrons. The molecule has 0 fully saturated rings. The normalized spacial score (nSPS) is 9.78. The molecule has 0 spiro atoms. The van der Waals surface area contributed by atoms with Gasteiger partial charge in [0.05, 0.1) is 22.9 Å². The lowest BCUT2D eigenvalue weighted by molar-refractivity contribution is 0.101. The van der Waals surface area contributed by atoms with E-state index in [0.717, 1.165) is 5.56 Å². The number of pyridine rings is 1. The quantitative estimate of drug-likeness (QED) is 0.813. The summed E-state index contributed by atoms with van der Waals surface area (Å²) in [5.74, 6) is 0.0969. The molecule has 0 amide bonds. The van der Waals surface area contributed by atoms with E-state index in [1.54, 1.807) is 30.3 Å². The van der Waals surface area contributed by atoms with Gasteiger partial charge >= 0.3 is 0 Å². The van der Waals surface area contributed by atoms with Gasteiger partial charge in [-0.25, -0.2) is 4.98 Å². The van der Waals surface area contributed by atoms with Crippen LogP contribution in [-0.2, 0) is 0 Å². The van der Waals surface area contributed by atoms with Crippen molar-refractivity contribution in [2.75, 3.05) is 5.73 Å². The van der Waals surface area contributed by atoms with E-state index in [2.05, 4.69) is 11.1 Å². The zero-order valence-electron chi connectivity index (χ0n) is 9.84. The Morgan fingerprint density at radius 2 is 2.11 bits per heavy atom. The van der Waals surface area contributed by atoms with Crippen LogP contribution in [0.5, 0.6) is 0 Å². The van der Waals surface area contributed by atoms with E-state index < -0.39 is 0 Å². The fourth-order valence-corrected chi connectivity index (χ4v) is 1.68. The summed E-state index contributed by atoms with van der Waals surface area (Å²) in [5, 5.41) is 8.84. The molecule has 1 aromatic heterocycles. The number of nitrogens with two attached hydrogens (primary N) is 1. The summed E-state index contributed by atoms with van der Waals surface area (Å²) in [6.45, 7) is 1.45. The number of Topliss-reactive ketones (excluding diaryl/α,β-unsaturated/α-hetero) is 1. The molecule has 0 aliphatic carbocycles. The fourth-order valence-electron chi connectivity index (χ4n) is 1.68. The number of benzene rings is 1. The lowest BCUT2D eigenvalue weighted by atomic mass is 10.1. The van der Waals surface area contributed by atoms with Crippen molar-refractivity contribution in [1.82, 2.24) is 4.98 Å². The maximum absolute atomic E-state index is 11.3. The third-order valence-corrected chi connectivity index (χ3v) is 2.59. The SMILES string of the molecule is CC(=O)c1ccc(-c2cccc(C#N)c2)nc1N. The Morgan fingerprint density at radius 1 is 1.33 bits per heavy atom. The molecule has 0 bridgehead atoms. The average molecular weight is 237 g/mol. The number of carbonyl (C=O) groups excluding carboxylic acids is 1. The maximum Gasteiger partial charge on any atom is 0.163 e. The van der Waals surface area contributed by atoms with Crippen molar-refractivity contribution in [3.05, 3.63) is 47.5 Å². The van der Waals surface area contributed by atoms with E-state index in [1.807, 2.05) is 6.07 Å². The Morgan fingerprint density at radius 3 is 2.72 bits per heavy atom. The molecular formula is C14H11N3O. The zero-order chi connectivity index (χ0) is 13.1. The van der Waals surface area contributed by atoms with Crippen LogP contribution in [0.25, 0.3) is 11.3 Å². The van der Waals surface area contributed by atoms with Crippen molar-refractivity contribution < 1.29 is 4.79 Å². The number of aromatic nitrogens is 1. The molecule has 0 atom stereocenters. The van der Waals surface area contributed by atoms with Gasteiger partial charge in [0.1, 0.15) is 5.82 Å². The van der Waals surface area contributed by atoms with Crippen LogP contribution in [0, 0.1) is 11.3 Å². The van der Waals surface area contributed by atoms with Gasteiger partial charge < -0.3 is 5.73 Å². The summed E-state index contributed by atoms with van der Waals surface area (Å²) in [6.07, 6.45) is 0. The van der Waals surface area contributed by atoms with E-state index in [4.69, 9.17) is 11.0 Å².